The smallest absolute Gasteiger partial charge is 0.303 e. The molecule has 2 aliphatic heterocycles. The molecule has 2 aliphatic rings. The molecule has 11 nitrogen and oxygen atoms in total. The molecule has 0 saturated carbocycles. The summed E-state index contributed by atoms with van der Waals surface area (Å²) in [6, 6.07) is 0. The van der Waals surface area contributed by atoms with Gasteiger partial charge in [0.25, 0.3) is 0 Å². The van der Waals surface area contributed by atoms with Gasteiger partial charge in [0.1, 0.15) is 12.7 Å². The standard InChI is InChI=1S/C14H20N2O9/c1-6(17)21-5-10-11(22-7(2)18)12(23-8(3)19)13(24-9(4)20)14(25-10)15-16-14/h10-13,15-16H,5H2,1-4H3/t10-,11-,12+,13-/m1/s1. The molecule has 2 N–H and O–H groups in total. The van der Waals surface area contributed by atoms with Crippen LogP contribution in [-0.4, -0.2) is 60.7 Å². The number of hydrazine groups is 1. The Hall–Kier alpha value is -2.24. The van der Waals surface area contributed by atoms with Crippen LogP contribution in [0.25, 0.3) is 0 Å². The molecule has 4 atom stereocenters. The fourth-order valence-corrected chi connectivity index (χ4v) is 2.56. The number of carbonyl (C=O) groups excluding carboxylic acids is 4. The molecule has 2 saturated heterocycles. The van der Waals surface area contributed by atoms with Crippen LogP contribution in [0.3, 0.4) is 0 Å². The second kappa shape index (κ2) is 7.33. The van der Waals surface area contributed by atoms with Gasteiger partial charge >= 0.3 is 23.9 Å². The first kappa shape index (κ1) is 19.1. The van der Waals surface area contributed by atoms with E-state index in [-0.39, 0.29) is 6.61 Å². The molecule has 0 unspecified atom stereocenters. The van der Waals surface area contributed by atoms with Crippen LogP contribution in [0.1, 0.15) is 27.7 Å². The third-order valence-electron chi connectivity index (χ3n) is 3.45. The molecule has 2 fully saturated rings. The Morgan fingerprint density at radius 2 is 1.36 bits per heavy atom. The third kappa shape index (κ3) is 4.65. The van der Waals surface area contributed by atoms with Crippen LogP contribution in [0.2, 0.25) is 0 Å². The van der Waals surface area contributed by atoms with Crippen LogP contribution >= 0.6 is 0 Å². The molecular formula is C14H20N2O9. The van der Waals surface area contributed by atoms with Crippen LogP contribution in [0, 0.1) is 0 Å². The molecular weight excluding hydrogens is 340 g/mol. The van der Waals surface area contributed by atoms with Gasteiger partial charge in [0.15, 0.2) is 12.2 Å². The molecule has 2 heterocycles. The first-order valence-electron chi connectivity index (χ1n) is 7.52. The largest absolute Gasteiger partial charge is 0.463 e. The average Bonchev–Trinajstić information content (AvgIpc) is 3.23. The summed E-state index contributed by atoms with van der Waals surface area (Å²) >= 11 is 0. The van der Waals surface area contributed by atoms with E-state index >= 15 is 0 Å². The van der Waals surface area contributed by atoms with Crippen LogP contribution in [-0.2, 0) is 42.9 Å². The minimum atomic E-state index is -1.34. The summed E-state index contributed by atoms with van der Waals surface area (Å²) in [5, 5.41) is 0. The predicted molar refractivity (Wildman–Crippen MR) is 77.2 cm³/mol. The molecule has 2 rings (SSSR count). The first-order valence-corrected chi connectivity index (χ1v) is 7.52. The Labute approximate surface area is 143 Å². The van der Waals surface area contributed by atoms with Crippen molar-refractivity contribution >= 4 is 23.9 Å². The Balaban J connectivity index is 2.33. The quantitative estimate of drug-likeness (QED) is 0.334. The lowest BCUT2D eigenvalue weighted by atomic mass is 9.96. The van der Waals surface area contributed by atoms with E-state index in [2.05, 4.69) is 10.9 Å². The zero-order chi connectivity index (χ0) is 18.8. The van der Waals surface area contributed by atoms with Gasteiger partial charge < -0.3 is 23.7 Å². The number of carbonyl (C=O) groups is 4. The van der Waals surface area contributed by atoms with Gasteiger partial charge in [0, 0.05) is 27.7 Å². The molecule has 1 spiro atoms. The minimum Gasteiger partial charge on any atom is -0.463 e. The van der Waals surface area contributed by atoms with Crippen molar-refractivity contribution in [1.82, 2.24) is 10.9 Å². The maximum Gasteiger partial charge on any atom is 0.303 e. The van der Waals surface area contributed by atoms with Crippen LogP contribution < -0.4 is 10.9 Å². The summed E-state index contributed by atoms with van der Waals surface area (Å²) in [5.41, 5.74) is 5.36. The lowest BCUT2D eigenvalue weighted by Gasteiger charge is -2.43. The summed E-state index contributed by atoms with van der Waals surface area (Å²) in [7, 11) is 0. The second-order valence-electron chi connectivity index (χ2n) is 5.62. The van der Waals surface area contributed by atoms with Crippen LogP contribution in [0.5, 0.6) is 0 Å². The number of esters is 4. The van der Waals surface area contributed by atoms with E-state index in [0.717, 1.165) is 13.8 Å². The van der Waals surface area contributed by atoms with Crippen molar-refractivity contribution in [2.75, 3.05) is 6.61 Å². The van der Waals surface area contributed by atoms with Gasteiger partial charge in [-0.25, -0.2) is 10.9 Å². The highest BCUT2D eigenvalue weighted by molar-refractivity contribution is 5.69. The van der Waals surface area contributed by atoms with Crippen molar-refractivity contribution in [3.8, 4) is 0 Å². The third-order valence-corrected chi connectivity index (χ3v) is 3.45. The van der Waals surface area contributed by atoms with Gasteiger partial charge in [-0.3, -0.25) is 19.2 Å². The molecule has 25 heavy (non-hydrogen) atoms. The van der Waals surface area contributed by atoms with Crippen molar-refractivity contribution in [3.05, 3.63) is 0 Å². The highest BCUT2D eigenvalue weighted by atomic mass is 16.7. The molecule has 0 aromatic carbocycles. The van der Waals surface area contributed by atoms with E-state index in [0.29, 0.717) is 0 Å². The summed E-state index contributed by atoms with van der Waals surface area (Å²) in [4.78, 5) is 45.5. The van der Waals surface area contributed by atoms with Crippen molar-refractivity contribution in [3.63, 3.8) is 0 Å². The zero-order valence-electron chi connectivity index (χ0n) is 14.2. The van der Waals surface area contributed by atoms with E-state index in [9.17, 15) is 19.2 Å². The summed E-state index contributed by atoms with van der Waals surface area (Å²) in [6.45, 7) is 4.44. The number of hydrogen-bond acceptors (Lipinski definition) is 11. The normalized spacial score (nSPS) is 29.4. The molecule has 0 aliphatic carbocycles. The Morgan fingerprint density at radius 3 is 1.80 bits per heavy atom. The summed E-state index contributed by atoms with van der Waals surface area (Å²) < 4.78 is 26.3. The van der Waals surface area contributed by atoms with Gasteiger partial charge in [0.05, 0.1) is 0 Å². The molecule has 0 aromatic rings. The predicted octanol–water partition coefficient (Wildman–Crippen LogP) is -1.49. The van der Waals surface area contributed by atoms with Gasteiger partial charge in [-0.1, -0.05) is 0 Å². The maximum absolute atomic E-state index is 11.5. The highest BCUT2D eigenvalue weighted by Crippen LogP contribution is 2.36. The fraction of sp³-hybridized carbons (Fsp3) is 0.714. The monoisotopic (exact) mass is 360 g/mol. The molecule has 11 heteroatoms. The number of hydrogen-bond donors (Lipinski definition) is 2. The number of ether oxygens (including phenoxy) is 5. The highest BCUT2D eigenvalue weighted by Gasteiger charge is 2.66. The number of rotatable bonds is 5. The lowest BCUT2D eigenvalue weighted by molar-refractivity contribution is -0.264. The van der Waals surface area contributed by atoms with Gasteiger partial charge in [-0.05, 0) is 0 Å². The molecule has 0 radical (unpaired) electrons. The fourth-order valence-electron chi connectivity index (χ4n) is 2.56. The topological polar surface area (TPSA) is 158 Å². The molecule has 0 amide bonds. The van der Waals surface area contributed by atoms with Crippen molar-refractivity contribution in [1.29, 1.82) is 0 Å². The van der Waals surface area contributed by atoms with E-state index in [1.807, 2.05) is 0 Å². The number of nitrogens with one attached hydrogen (secondary N) is 2. The Kier molecular flexibility index (Phi) is 5.60. The minimum absolute atomic E-state index is 0.261. The molecule has 140 valence electrons. The van der Waals surface area contributed by atoms with E-state index < -0.39 is 54.1 Å². The van der Waals surface area contributed by atoms with Crippen molar-refractivity contribution in [2.45, 2.75) is 58.0 Å². The van der Waals surface area contributed by atoms with E-state index in [1.54, 1.807) is 0 Å². The molecule has 0 bridgehead atoms. The SMILES string of the molecule is CC(=O)OC[C@H]1OC2(NN2)[C@H](OC(C)=O)[C@@H](OC(C)=O)[C@@H]1OC(C)=O. The average molecular weight is 360 g/mol. The van der Waals surface area contributed by atoms with E-state index in [1.165, 1.54) is 13.8 Å². The zero-order valence-corrected chi connectivity index (χ0v) is 14.2. The summed E-state index contributed by atoms with van der Waals surface area (Å²) in [6.07, 6.45) is -4.43. The van der Waals surface area contributed by atoms with Gasteiger partial charge in [-0.2, -0.15) is 0 Å². The lowest BCUT2D eigenvalue weighted by Crippen LogP contribution is -2.65. The van der Waals surface area contributed by atoms with Gasteiger partial charge in [-0.15, -0.1) is 0 Å². The maximum atomic E-state index is 11.5. The Morgan fingerprint density at radius 1 is 0.840 bits per heavy atom. The summed E-state index contributed by atoms with van der Waals surface area (Å²) in [5.74, 6) is -3.91. The second-order valence-corrected chi connectivity index (χ2v) is 5.62. The van der Waals surface area contributed by atoms with Crippen molar-refractivity contribution in [2.24, 2.45) is 0 Å². The van der Waals surface area contributed by atoms with Crippen LogP contribution in [0.4, 0.5) is 0 Å². The van der Waals surface area contributed by atoms with E-state index in [4.69, 9.17) is 23.7 Å². The van der Waals surface area contributed by atoms with Crippen LogP contribution in [0.15, 0.2) is 0 Å². The van der Waals surface area contributed by atoms with Crippen molar-refractivity contribution < 1.29 is 42.9 Å². The molecule has 0 aromatic heterocycles. The first-order chi connectivity index (χ1) is 11.6. The van der Waals surface area contributed by atoms with Gasteiger partial charge in [0.2, 0.25) is 12.0 Å². The Bertz CT molecular complexity index is 575.